The number of nitrogen functional groups attached to an aromatic ring is 1. The molecule has 0 spiro atoms. The van der Waals surface area contributed by atoms with Crippen molar-refractivity contribution in [2.75, 3.05) is 5.43 Å². The second kappa shape index (κ2) is 4.16. The van der Waals surface area contributed by atoms with E-state index in [2.05, 4.69) is 25.7 Å². The number of hydrazine groups is 1. The van der Waals surface area contributed by atoms with E-state index < -0.39 is 0 Å². The molecular formula is C8H8N8OS. The molecule has 0 aliphatic rings. The first-order valence-electron chi connectivity index (χ1n) is 4.96. The predicted octanol–water partition coefficient (Wildman–Crippen LogP) is -0.924. The number of hydrogen-bond donors (Lipinski definition) is 2. The zero-order chi connectivity index (χ0) is 12.5. The second-order valence-electron chi connectivity index (χ2n) is 3.39. The van der Waals surface area contributed by atoms with Crippen LogP contribution < -0.4 is 17.0 Å². The highest BCUT2D eigenvalue weighted by Gasteiger charge is 2.09. The predicted molar refractivity (Wildman–Crippen MR) is 64.1 cm³/mol. The van der Waals surface area contributed by atoms with Crippen molar-refractivity contribution < 1.29 is 0 Å². The SMILES string of the molecule is NNc1nnc(Cn2nc3cnccn3c2=O)s1. The minimum atomic E-state index is -0.246. The van der Waals surface area contributed by atoms with Crippen LogP contribution in [-0.2, 0) is 6.54 Å². The first kappa shape index (κ1) is 10.8. The van der Waals surface area contributed by atoms with Crippen LogP contribution in [-0.4, -0.2) is 29.4 Å². The Kier molecular flexibility index (Phi) is 2.50. The highest BCUT2D eigenvalue weighted by Crippen LogP contribution is 2.13. The zero-order valence-corrected chi connectivity index (χ0v) is 9.83. The smallest absolute Gasteiger partial charge is 0.298 e. The van der Waals surface area contributed by atoms with Crippen LogP contribution in [0.5, 0.6) is 0 Å². The maximum absolute atomic E-state index is 12.0. The lowest BCUT2D eigenvalue weighted by atomic mass is 10.7. The van der Waals surface area contributed by atoms with Gasteiger partial charge in [-0.05, 0) is 0 Å². The molecule has 9 nitrogen and oxygen atoms in total. The van der Waals surface area contributed by atoms with Crippen molar-refractivity contribution in [2.45, 2.75) is 6.54 Å². The first-order chi connectivity index (χ1) is 8.78. The van der Waals surface area contributed by atoms with Gasteiger partial charge in [-0.25, -0.2) is 19.7 Å². The van der Waals surface area contributed by atoms with Gasteiger partial charge in [0.05, 0.1) is 6.20 Å². The molecule has 0 aliphatic carbocycles. The Morgan fingerprint density at radius 1 is 1.44 bits per heavy atom. The molecular weight excluding hydrogens is 256 g/mol. The van der Waals surface area contributed by atoms with E-state index >= 15 is 0 Å². The summed E-state index contributed by atoms with van der Waals surface area (Å²) >= 11 is 1.26. The molecule has 92 valence electrons. The van der Waals surface area contributed by atoms with E-state index in [1.807, 2.05) is 0 Å². The highest BCUT2D eigenvalue weighted by molar-refractivity contribution is 7.15. The summed E-state index contributed by atoms with van der Waals surface area (Å²) < 4.78 is 2.72. The zero-order valence-electron chi connectivity index (χ0n) is 9.02. The summed E-state index contributed by atoms with van der Waals surface area (Å²) in [4.78, 5) is 15.9. The van der Waals surface area contributed by atoms with Crippen LogP contribution in [0.15, 0.2) is 23.4 Å². The number of nitrogens with two attached hydrogens (primary N) is 1. The van der Waals surface area contributed by atoms with E-state index in [1.165, 1.54) is 32.8 Å². The Balaban J connectivity index is 1.99. The molecule has 3 rings (SSSR count). The number of aromatic nitrogens is 6. The molecule has 0 radical (unpaired) electrons. The normalized spacial score (nSPS) is 10.9. The molecule has 3 aromatic rings. The molecule has 0 saturated carbocycles. The van der Waals surface area contributed by atoms with Crippen LogP contribution >= 0.6 is 11.3 Å². The van der Waals surface area contributed by atoms with Crippen LogP contribution in [0.4, 0.5) is 5.13 Å². The molecule has 10 heteroatoms. The van der Waals surface area contributed by atoms with Crippen molar-refractivity contribution in [3.8, 4) is 0 Å². The third-order valence-corrected chi connectivity index (χ3v) is 3.10. The van der Waals surface area contributed by atoms with E-state index in [-0.39, 0.29) is 12.2 Å². The van der Waals surface area contributed by atoms with Crippen molar-refractivity contribution in [1.29, 1.82) is 0 Å². The number of hydrogen-bond acceptors (Lipinski definition) is 8. The molecule has 0 bridgehead atoms. The summed E-state index contributed by atoms with van der Waals surface area (Å²) in [5.74, 6) is 5.21. The van der Waals surface area contributed by atoms with Crippen LogP contribution in [0.25, 0.3) is 5.65 Å². The van der Waals surface area contributed by atoms with Gasteiger partial charge < -0.3 is 0 Å². The molecule has 18 heavy (non-hydrogen) atoms. The van der Waals surface area contributed by atoms with Gasteiger partial charge in [-0.2, -0.15) is 0 Å². The van der Waals surface area contributed by atoms with Gasteiger partial charge in [0, 0.05) is 12.4 Å². The summed E-state index contributed by atoms with van der Waals surface area (Å²) in [5.41, 5.74) is 2.64. The second-order valence-corrected chi connectivity index (χ2v) is 4.45. The van der Waals surface area contributed by atoms with Crippen molar-refractivity contribution in [1.82, 2.24) is 29.4 Å². The molecule has 0 atom stereocenters. The van der Waals surface area contributed by atoms with Crippen molar-refractivity contribution in [3.63, 3.8) is 0 Å². The van der Waals surface area contributed by atoms with E-state index in [0.29, 0.717) is 15.8 Å². The van der Waals surface area contributed by atoms with Crippen LogP contribution in [0.3, 0.4) is 0 Å². The molecule has 0 aliphatic heterocycles. The average Bonchev–Trinajstić information content (AvgIpc) is 2.97. The minimum Gasteiger partial charge on any atom is -0.298 e. The lowest BCUT2D eigenvalue weighted by Crippen LogP contribution is -2.21. The maximum atomic E-state index is 12.0. The Morgan fingerprint density at radius 2 is 2.33 bits per heavy atom. The summed E-state index contributed by atoms with van der Waals surface area (Å²) in [7, 11) is 0. The maximum Gasteiger partial charge on any atom is 0.350 e. The fourth-order valence-corrected chi connectivity index (χ4v) is 2.12. The highest BCUT2D eigenvalue weighted by atomic mass is 32.1. The van der Waals surface area contributed by atoms with Gasteiger partial charge in [0.25, 0.3) is 0 Å². The van der Waals surface area contributed by atoms with E-state index in [1.54, 1.807) is 6.20 Å². The molecule has 0 amide bonds. The molecule has 3 N–H and O–H groups in total. The van der Waals surface area contributed by atoms with Crippen molar-refractivity contribution in [3.05, 3.63) is 34.1 Å². The summed E-state index contributed by atoms with van der Waals surface area (Å²) in [6.45, 7) is 0.250. The van der Waals surface area contributed by atoms with Gasteiger partial charge >= 0.3 is 5.69 Å². The molecule has 0 fully saturated rings. The topological polar surface area (TPSA) is 116 Å². The Morgan fingerprint density at radius 3 is 3.06 bits per heavy atom. The third-order valence-electron chi connectivity index (χ3n) is 2.26. The number of fused-ring (bicyclic) bond motifs is 1. The fourth-order valence-electron chi connectivity index (χ4n) is 1.49. The van der Waals surface area contributed by atoms with Gasteiger partial charge in [0.1, 0.15) is 11.6 Å². The Hall–Kier alpha value is -2.33. The van der Waals surface area contributed by atoms with Gasteiger partial charge in [-0.3, -0.25) is 10.4 Å². The average molecular weight is 264 g/mol. The molecule has 3 aromatic heterocycles. The van der Waals surface area contributed by atoms with E-state index in [0.717, 1.165) is 0 Å². The lowest BCUT2D eigenvalue weighted by Gasteiger charge is -1.92. The van der Waals surface area contributed by atoms with Gasteiger partial charge in [-0.1, -0.05) is 11.3 Å². The molecule has 0 unspecified atom stereocenters. The number of nitrogens with zero attached hydrogens (tertiary/aromatic N) is 6. The standard InChI is InChI=1S/C8H8N8OS/c9-11-7-13-12-6(18-7)4-16-8(17)15-2-1-10-3-5(15)14-16/h1-3H,4,9H2,(H,11,13). The lowest BCUT2D eigenvalue weighted by molar-refractivity contribution is 0.651. The van der Waals surface area contributed by atoms with Crippen LogP contribution in [0.1, 0.15) is 5.01 Å². The summed E-state index contributed by atoms with van der Waals surface area (Å²) in [5, 5.41) is 12.9. The number of nitrogens with one attached hydrogen (secondary N) is 1. The third kappa shape index (κ3) is 1.72. The van der Waals surface area contributed by atoms with Gasteiger partial charge in [-0.15, -0.1) is 15.3 Å². The summed E-state index contributed by atoms with van der Waals surface area (Å²) in [6, 6.07) is 0. The number of anilines is 1. The van der Waals surface area contributed by atoms with Crippen molar-refractivity contribution in [2.24, 2.45) is 5.84 Å². The number of rotatable bonds is 3. The van der Waals surface area contributed by atoms with Gasteiger partial charge in [0.2, 0.25) is 5.13 Å². The van der Waals surface area contributed by atoms with E-state index in [9.17, 15) is 4.79 Å². The molecule has 3 heterocycles. The monoisotopic (exact) mass is 264 g/mol. The van der Waals surface area contributed by atoms with Crippen LogP contribution in [0, 0.1) is 0 Å². The molecule has 0 saturated heterocycles. The Bertz CT molecular complexity index is 743. The minimum absolute atomic E-state index is 0.246. The van der Waals surface area contributed by atoms with E-state index in [4.69, 9.17) is 5.84 Å². The van der Waals surface area contributed by atoms with Crippen molar-refractivity contribution >= 4 is 22.1 Å². The first-order valence-corrected chi connectivity index (χ1v) is 5.78. The quantitative estimate of drug-likeness (QED) is 0.464. The Labute approximate surface area is 104 Å². The van der Waals surface area contributed by atoms with Crippen LogP contribution in [0.2, 0.25) is 0 Å². The summed E-state index contributed by atoms with van der Waals surface area (Å²) in [6.07, 6.45) is 4.61. The molecule has 0 aromatic carbocycles. The largest absolute Gasteiger partial charge is 0.350 e. The fraction of sp³-hybridized carbons (Fsp3) is 0.125. The van der Waals surface area contributed by atoms with Gasteiger partial charge in [0.15, 0.2) is 5.65 Å².